The molecule has 0 unspecified atom stereocenters. The lowest BCUT2D eigenvalue weighted by atomic mass is 10.1. The Morgan fingerprint density at radius 3 is 2.57 bits per heavy atom. The summed E-state index contributed by atoms with van der Waals surface area (Å²) >= 11 is 5.79. The van der Waals surface area contributed by atoms with Crippen molar-refractivity contribution in [2.75, 3.05) is 13.7 Å². The zero-order chi connectivity index (χ0) is 20.6. The predicted octanol–water partition coefficient (Wildman–Crippen LogP) is 4.12. The van der Waals surface area contributed by atoms with Crippen LogP contribution in [-0.4, -0.2) is 32.0 Å². The molecule has 1 N–H and O–H groups in total. The lowest BCUT2D eigenvalue weighted by molar-refractivity contribution is -0.176. The molecule has 28 heavy (non-hydrogen) atoms. The molecule has 0 fully saturated rings. The third-order valence-corrected chi connectivity index (χ3v) is 3.76. The minimum absolute atomic E-state index is 0.133. The number of hydrogen-bond donors (Lipinski definition) is 1. The van der Waals surface area contributed by atoms with Crippen molar-refractivity contribution in [1.82, 2.24) is 5.43 Å². The molecule has 0 aromatic heterocycles. The number of halogens is 4. The van der Waals surface area contributed by atoms with Crippen molar-refractivity contribution >= 4 is 23.7 Å². The molecule has 150 valence electrons. The minimum atomic E-state index is -4.40. The Balaban J connectivity index is 1.93. The molecule has 2 aromatic rings. The van der Waals surface area contributed by atoms with Crippen molar-refractivity contribution in [2.24, 2.45) is 5.10 Å². The lowest BCUT2D eigenvalue weighted by Gasteiger charge is -2.11. The van der Waals surface area contributed by atoms with Gasteiger partial charge in [0.2, 0.25) is 5.91 Å². The molecular formula is C19H18ClF3N2O3. The van der Waals surface area contributed by atoms with Crippen molar-refractivity contribution in [1.29, 1.82) is 0 Å². The van der Waals surface area contributed by atoms with Gasteiger partial charge in [-0.2, -0.15) is 18.3 Å². The van der Waals surface area contributed by atoms with Gasteiger partial charge in [0.25, 0.3) is 0 Å². The number of alkyl halides is 3. The Kier molecular flexibility index (Phi) is 7.83. The van der Waals surface area contributed by atoms with Crippen LogP contribution >= 0.6 is 11.6 Å². The predicted molar refractivity (Wildman–Crippen MR) is 99.6 cm³/mol. The van der Waals surface area contributed by atoms with E-state index >= 15 is 0 Å². The van der Waals surface area contributed by atoms with E-state index in [2.05, 4.69) is 15.3 Å². The highest BCUT2D eigenvalue weighted by molar-refractivity contribution is 6.30. The van der Waals surface area contributed by atoms with Gasteiger partial charge in [-0.1, -0.05) is 23.7 Å². The summed E-state index contributed by atoms with van der Waals surface area (Å²) in [5.41, 5.74) is 4.18. The van der Waals surface area contributed by atoms with Crippen molar-refractivity contribution < 1.29 is 27.4 Å². The normalized spacial score (nSPS) is 11.6. The van der Waals surface area contributed by atoms with Crippen molar-refractivity contribution in [2.45, 2.75) is 19.2 Å². The molecule has 0 saturated heterocycles. The standard InChI is InChI=1S/C19H18ClF3N2O3/c1-27-17-7-4-14(8-15(17)11-28-12-19(21,22)23)10-24-25-18(26)9-13-2-5-16(20)6-3-13/h2-8,10H,9,11-12H2,1H3,(H,25,26). The Morgan fingerprint density at radius 1 is 1.21 bits per heavy atom. The smallest absolute Gasteiger partial charge is 0.411 e. The number of hydrogen-bond acceptors (Lipinski definition) is 4. The molecule has 0 atom stereocenters. The van der Waals surface area contributed by atoms with Crippen LogP contribution in [0.5, 0.6) is 5.75 Å². The average Bonchev–Trinajstić information content (AvgIpc) is 2.63. The van der Waals surface area contributed by atoms with E-state index in [0.717, 1.165) is 5.56 Å². The Hall–Kier alpha value is -2.58. The summed E-state index contributed by atoms with van der Waals surface area (Å²) in [6, 6.07) is 11.7. The van der Waals surface area contributed by atoms with Gasteiger partial charge in [-0.25, -0.2) is 5.43 Å². The molecule has 0 aliphatic heterocycles. The number of amides is 1. The lowest BCUT2D eigenvalue weighted by Crippen LogP contribution is -2.19. The van der Waals surface area contributed by atoms with E-state index in [-0.39, 0.29) is 18.9 Å². The van der Waals surface area contributed by atoms with E-state index in [9.17, 15) is 18.0 Å². The van der Waals surface area contributed by atoms with Crippen molar-refractivity contribution in [3.63, 3.8) is 0 Å². The monoisotopic (exact) mass is 414 g/mol. The summed E-state index contributed by atoms with van der Waals surface area (Å²) in [7, 11) is 1.41. The van der Waals surface area contributed by atoms with Gasteiger partial charge in [0.15, 0.2) is 0 Å². The molecule has 0 radical (unpaired) electrons. The molecule has 0 aliphatic rings. The summed E-state index contributed by atoms with van der Waals surface area (Å²) in [5.74, 6) is 0.0758. The first kappa shape index (κ1) is 21.7. The quantitative estimate of drug-likeness (QED) is 0.522. The summed E-state index contributed by atoms with van der Waals surface area (Å²) in [6.07, 6.45) is -2.89. The van der Waals surface area contributed by atoms with Gasteiger partial charge in [-0.15, -0.1) is 0 Å². The van der Waals surface area contributed by atoms with E-state index in [1.807, 2.05) is 0 Å². The maximum atomic E-state index is 12.2. The number of ether oxygens (including phenoxy) is 2. The molecule has 0 aliphatic carbocycles. The number of methoxy groups -OCH3 is 1. The largest absolute Gasteiger partial charge is 0.496 e. The second kappa shape index (κ2) is 10.1. The molecule has 2 rings (SSSR count). The van der Waals surface area contributed by atoms with Crippen molar-refractivity contribution in [3.05, 3.63) is 64.2 Å². The topological polar surface area (TPSA) is 59.9 Å². The van der Waals surface area contributed by atoms with E-state index < -0.39 is 12.8 Å². The van der Waals surface area contributed by atoms with Crippen LogP contribution in [0.15, 0.2) is 47.6 Å². The molecule has 9 heteroatoms. The van der Waals surface area contributed by atoms with Crippen LogP contribution in [0.25, 0.3) is 0 Å². The van der Waals surface area contributed by atoms with Crippen LogP contribution in [0.4, 0.5) is 13.2 Å². The maximum Gasteiger partial charge on any atom is 0.411 e. The molecular weight excluding hydrogens is 397 g/mol. The summed E-state index contributed by atoms with van der Waals surface area (Å²) in [4.78, 5) is 11.9. The highest BCUT2D eigenvalue weighted by atomic mass is 35.5. The molecule has 2 aromatic carbocycles. The second-order valence-electron chi connectivity index (χ2n) is 5.78. The minimum Gasteiger partial charge on any atom is -0.496 e. The molecule has 0 bridgehead atoms. The van der Waals surface area contributed by atoms with Gasteiger partial charge in [0, 0.05) is 10.6 Å². The molecule has 0 spiro atoms. The van der Waals surface area contributed by atoms with E-state index in [1.54, 1.807) is 42.5 Å². The molecule has 1 amide bonds. The van der Waals surface area contributed by atoms with Crippen LogP contribution < -0.4 is 10.2 Å². The first-order valence-electron chi connectivity index (χ1n) is 8.14. The second-order valence-corrected chi connectivity index (χ2v) is 6.21. The highest BCUT2D eigenvalue weighted by Gasteiger charge is 2.27. The summed E-state index contributed by atoms with van der Waals surface area (Å²) in [5, 5.41) is 4.44. The third-order valence-electron chi connectivity index (χ3n) is 3.51. The summed E-state index contributed by atoms with van der Waals surface area (Å²) < 4.78 is 46.4. The van der Waals surface area contributed by atoms with Crippen LogP contribution in [0.1, 0.15) is 16.7 Å². The van der Waals surface area contributed by atoms with Crippen LogP contribution in [0.2, 0.25) is 5.02 Å². The highest BCUT2D eigenvalue weighted by Crippen LogP contribution is 2.22. The van der Waals surface area contributed by atoms with Gasteiger partial charge in [0.05, 0.1) is 26.4 Å². The fourth-order valence-corrected chi connectivity index (χ4v) is 2.40. The Labute approximate surface area is 165 Å². The van der Waals surface area contributed by atoms with Gasteiger partial charge in [-0.3, -0.25) is 4.79 Å². The van der Waals surface area contributed by atoms with Gasteiger partial charge in [0.1, 0.15) is 12.4 Å². The Bertz CT molecular complexity index is 824. The number of benzene rings is 2. The van der Waals surface area contributed by atoms with Crippen LogP contribution in [0.3, 0.4) is 0 Å². The van der Waals surface area contributed by atoms with Gasteiger partial charge >= 0.3 is 6.18 Å². The summed E-state index contributed by atoms with van der Waals surface area (Å²) in [6.45, 7) is -1.62. The first-order valence-corrected chi connectivity index (χ1v) is 8.52. The van der Waals surface area contributed by atoms with Crippen LogP contribution in [0, 0.1) is 0 Å². The number of rotatable bonds is 8. The van der Waals surface area contributed by atoms with Crippen LogP contribution in [-0.2, 0) is 22.6 Å². The van der Waals surface area contributed by atoms with E-state index in [0.29, 0.717) is 21.9 Å². The molecule has 0 saturated carbocycles. The van der Waals surface area contributed by atoms with E-state index in [4.69, 9.17) is 16.3 Å². The van der Waals surface area contributed by atoms with Crippen molar-refractivity contribution in [3.8, 4) is 5.75 Å². The maximum absolute atomic E-state index is 12.2. The first-order chi connectivity index (χ1) is 13.3. The van der Waals surface area contributed by atoms with Gasteiger partial charge < -0.3 is 9.47 Å². The number of carbonyl (C=O) groups excluding carboxylic acids is 1. The number of nitrogens with one attached hydrogen (secondary N) is 1. The Morgan fingerprint density at radius 2 is 1.93 bits per heavy atom. The fourth-order valence-electron chi connectivity index (χ4n) is 2.27. The van der Waals surface area contributed by atoms with Gasteiger partial charge in [-0.05, 0) is 41.5 Å². The third kappa shape index (κ3) is 7.58. The SMILES string of the molecule is COc1ccc(C=NNC(=O)Cc2ccc(Cl)cc2)cc1COCC(F)(F)F. The number of carbonyl (C=O) groups is 1. The fraction of sp³-hybridized carbons (Fsp3) is 0.263. The molecule has 0 heterocycles. The number of nitrogens with zero attached hydrogens (tertiary/aromatic N) is 1. The number of hydrazone groups is 1. The average molecular weight is 415 g/mol. The zero-order valence-electron chi connectivity index (χ0n) is 14.9. The van der Waals surface area contributed by atoms with E-state index in [1.165, 1.54) is 13.3 Å². The molecule has 5 nitrogen and oxygen atoms in total. The zero-order valence-corrected chi connectivity index (χ0v) is 15.7.